The smallest absolute Gasteiger partial charge is 0.136 e. The first kappa shape index (κ1) is 19.2. The fourth-order valence-electron chi connectivity index (χ4n) is 3.63. The standard InChI is InChI=1S/C25H26N2O2/c1-18(13-20-9-5-3-6-10-20)24-16-22(28-26-24)15-23-17-25(27-29-23)19(2)14-21-11-7-4-8-12-21/h3-14,22-23H,15-17H2,1-2H3/b18-13+,19-14+/t22-,23-/m1/s1. The third-order valence-electron chi connectivity index (χ3n) is 5.27. The Labute approximate surface area is 172 Å². The monoisotopic (exact) mass is 386 g/mol. The second-order valence-electron chi connectivity index (χ2n) is 7.65. The molecule has 0 bridgehead atoms. The molecule has 2 aliphatic rings. The van der Waals surface area contributed by atoms with E-state index < -0.39 is 0 Å². The quantitative estimate of drug-likeness (QED) is 0.623. The summed E-state index contributed by atoms with van der Waals surface area (Å²) in [5.74, 6) is 0. The van der Waals surface area contributed by atoms with E-state index in [0.717, 1.165) is 41.8 Å². The maximum absolute atomic E-state index is 5.68. The minimum absolute atomic E-state index is 0.0436. The van der Waals surface area contributed by atoms with Crippen LogP contribution in [0, 0.1) is 0 Å². The zero-order chi connectivity index (χ0) is 20.1. The average molecular weight is 386 g/mol. The number of hydrogen-bond donors (Lipinski definition) is 0. The Morgan fingerprint density at radius 1 is 0.759 bits per heavy atom. The SMILES string of the molecule is C/C(=C\c1ccccc1)C1=NO[C@H](C[C@@H]2CC(/C(C)=C/c3ccccc3)=NO2)C1. The van der Waals surface area contributed by atoms with Gasteiger partial charge in [0.1, 0.15) is 12.2 Å². The lowest BCUT2D eigenvalue weighted by Crippen LogP contribution is -2.19. The highest BCUT2D eigenvalue weighted by atomic mass is 16.7. The van der Waals surface area contributed by atoms with Gasteiger partial charge in [0.05, 0.1) is 11.4 Å². The van der Waals surface area contributed by atoms with Crippen LogP contribution in [0.4, 0.5) is 0 Å². The molecule has 2 aliphatic heterocycles. The van der Waals surface area contributed by atoms with Crippen LogP contribution in [0.2, 0.25) is 0 Å². The van der Waals surface area contributed by atoms with Gasteiger partial charge in [0.2, 0.25) is 0 Å². The molecule has 0 spiro atoms. The Kier molecular flexibility index (Phi) is 5.89. The van der Waals surface area contributed by atoms with E-state index in [1.165, 1.54) is 11.1 Å². The molecule has 0 aliphatic carbocycles. The molecule has 0 radical (unpaired) electrons. The molecule has 0 aromatic heterocycles. The van der Waals surface area contributed by atoms with Crippen LogP contribution in [-0.2, 0) is 9.68 Å². The fraction of sp³-hybridized carbons (Fsp3) is 0.280. The summed E-state index contributed by atoms with van der Waals surface area (Å²) in [7, 11) is 0. The number of nitrogens with zero attached hydrogens (tertiary/aromatic N) is 2. The van der Waals surface area contributed by atoms with Gasteiger partial charge in [-0.25, -0.2) is 0 Å². The van der Waals surface area contributed by atoms with Crippen molar-refractivity contribution in [1.29, 1.82) is 0 Å². The number of rotatable bonds is 6. The van der Waals surface area contributed by atoms with E-state index in [0.29, 0.717) is 0 Å². The summed E-state index contributed by atoms with van der Waals surface area (Å²) in [5, 5.41) is 8.62. The molecule has 0 amide bonds. The van der Waals surface area contributed by atoms with Gasteiger partial charge in [-0.3, -0.25) is 0 Å². The minimum atomic E-state index is 0.0436. The molecule has 0 saturated carbocycles. The topological polar surface area (TPSA) is 43.2 Å². The van der Waals surface area contributed by atoms with E-state index in [2.05, 4.69) is 60.6 Å². The second-order valence-corrected chi connectivity index (χ2v) is 7.65. The lowest BCUT2D eigenvalue weighted by atomic mass is 9.97. The van der Waals surface area contributed by atoms with Crippen molar-refractivity contribution in [2.75, 3.05) is 0 Å². The van der Waals surface area contributed by atoms with Gasteiger partial charge in [-0.05, 0) is 36.1 Å². The molecule has 4 rings (SSSR count). The summed E-state index contributed by atoms with van der Waals surface area (Å²) in [5.41, 5.74) is 6.66. The molecule has 2 heterocycles. The molecule has 0 fully saturated rings. The number of hydrogen-bond acceptors (Lipinski definition) is 4. The van der Waals surface area contributed by atoms with E-state index >= 15 is 0 Å². The number of oxime groups is 2. The Balaban J connectivity index is 1.29. The highest BCUT2D eigenvalue weighted by Gasteiger charge is 2.30. The van der Waals surface area contributed by atoms with Crippen LogP contribution < -0.4 is 0 Å². The van der Waals surface area contributed by atoms with Crippen LogP contribution in [0.3, 0.4) is 0 Å². The van der Waals surface area contributed by atoms with Crippen molar-refractivity contribution in [2.24, 2.45) is 10.3 Å². The number of benzene rings is 2. The van der Waals surface area contributed by atoms with E-state index in [9.17, 15) is 0 Å². The molecule has 4 nitrogen and oxygen atoms in total. The summed E-state index contributed by atoms with van der Waals surface area (Å²) < 4.78 is 0. The highest BCUT2D eigenvalue weighted by Crippen LogP contribution is 2.26. The zero-order valence-corrected chi connectivity index (χ0v) is 16.9. The van der Waals surface area contributed by atoms with Crippen molar-refractivity contribution in [3.63, 3.8) is 0 Å². The molecule has 2 atom stereocenters. The fourth-order valence-corrected chi connectivity index (χ4v) is 3.63. The Bertz CT molecular complexity index is 879. The summed E-state index contributed by atoms with van der Waals surface area (Å²) in [6.45, 7) is 4.17. The van der Waals surface area contributed by atoms with Gasteiger partial charge in [0.25, 0.3) is 0 Å². The summed E-state index contributed by atoms with van der Waals surface area (Å²) >= 11 is 0. The molecule has 4 heteroatoms. The first-order valence-electron chi connectivity index (χ1n) is 10.1. The molecule has 2 aromatic rings. The molecular formula is C25H26N2O2. The molecule has 0 N–H and O–H groups in total. The molecule has 2 aromatic carbocycles. The van der Waals surface area contributed by atoms with Gasteiger partial charge in [-0.1, -0.05) is 83.1 Å². The van der Waals surface area contributed by atoms with Crippen molar-refractivity contribution in [3.05, 3.63) is 82.9 Å². The van der Waals surface area contributed by atoms with Gasteiger partial charge in [0.15, 0.2) is 0 Å². The Morgan fingerprint density at radius 2 is 1.17 bits per heavy atom. The normalized spacial score (nSPS) is 22.0. The van der Waals surface area contributed by atoms with Gasteiger partial charge < -0.3 is 9.68 Å². The van der Waals surface area contributed by atoms with Gasteiger partial charge in [-0.2, -0.15) is 0 Å². The van der Waals surface area contributed by atoms with Crippen molar-refractivity contribution in [1.82, 2.24) is 0 Å². The van der Waals surface area contributed by atoms with Crippen LogP contribution in [0.25, 0.3) is 12.2 Å². The van der Waals surface area contributed by atoms with Gasteiger partial charge >= 0.3 is 0 Å². The van der Waals surface area contributed by atoms with Gasteiger partial charge in [0, 0.05) is 19.3 Å². The van der Waals surface area contributed by atoms with Crippen molar-refractivity contribution in [3.8, 4) is 0 Å². The maximum atomic E-state index is 5.68. The van der Waals surface area contributed by atoms with Crippen LogP contribution in [-0.4, -0.2) is 23.6 Å². The Hall–Kier alpha value is -3.14. The van der Waals surface area contributed by atoms with E-state index in [4.69, 9.17) is 9.68 Å². The van der Waals surface area contributed by atoms with E-state index in [1.807, 2.05) is 36.4 Å². The van der Waals surface area contributed by atoms with Crippen LogP contribution in [0.5, 0.6) is 0 Å². The first-order chi connectivity index (χ1) is 14.2. The lowest BCUT2D eigenvalue weighted by Gasteiger charge is -2.12. The highest BCUT2D eigenvalue weighted by molar-refractivity contribution is 6.04. The zero-order valence-electron chi connectivity index (χ0n) is 16.9. The molecule has 0 saturated heterocycles. The third kappa shape index (κ3) is 5.02. The first-order valence-corrected chi connectivity index (χ1v) is 10.1. The molecule has 0 unspecified atom stereocenters. The predicted molar refractivity (Wildman–Crippen MR) is 119 cm³/mol. The number of allylic oxidation sites excluding steroid dienone is 2. The molecular weight excluding hydrogens is 360 g/mol. The lowest BCUT2D eigenvalue weighted by molar-refractivity contribution is 0.0123. The molecule has 148 valence electrons. The van der Waals surface area contributed by atoms with Crippen LogP contribution in [0.15, 0.2) is 82.1 Å². The minimum Gasteiger partial charge on any atom is -0.392 e. The third-order valence-corrected chi connectivity index (χ3v) is 5.27. The Morgan fingerprint density at radius 3 is 1.59 bits per heavy atom. The summed E-state index contributed by atoms with van der Waals surface area (Å²) in [6, 6.07) is 20.6. The van der Waals surface area contributed by atoms with Crippen LogP contribution >= 0.6 is 0 Å². The summed E-state index contributed by atoms with van der Waals surface area (Å²) in [4.78, 5) is 11.4. The van der Waals surface area contributed by atoms with Gasteiger partial charge in [-0.15, -0.1) is 0 Å². The second kappa shape index (κ2) is 8.91. The van der Waals surface area contributed by atoms with Crippen molar-refractivity contribution in [2.45, 2.75) is 45.3 Å². The molecule has 29 heavy (non-hydrogen) atoms. The van der Waals surface area contributed by atoms with E-state index in [-0.39, 0.29) is 12.2 Å². The predicted octanol–water partition coefficient (Wildman–Crippen LogP) is 5.87. The summed E-state index contributed by atoms with van der Waals surface area (Å²) in [6.07, 6.45) is 6.79. The largest absolute Gasteiger partial charge is 0.392 e. The van der Waals surface area contributed by atoms with E-state index in [1.54, 1.807) is 0 Å². The van der Waals surface area contributed by atoms with Crippen molar-refractivity contribution >= 4 is 23.6 Å². The average Bonchev–Trinajstić information content (AvgIpc) is 3.40. The van der Waals surface area contributed by atoms with Crippen LogP contribution in [0.1, 0.15) is 44.2 Å². The van der Waals surface area contributed by atoms with Crippen molar-refractivity contribution < 1.29 is 9.68 Å². The maximum Gasteiger partial charge on any atom is 0.136 e.